The van der Waals surface area contributed by atoms with Crippen molar-refractivity contribution in [3.05, 3.63) is 29.4 Å². The van der Waals surface area contributed by atoms with Gasteiger partial charge in [-0.2, -0.15) is 8.75 Å². The predicted molar refractivity (Wildman–Crippen MR) is 61.2 cm³/mol. The zero-order valence-electron chi connectivity index (χ0n) is 7.90. The maximum Gasteiger partial charge on any atom is 0.187 e. The van der Waals surface area contributed by atoms with E-state index in [4.69, 9.17) is 16.3 Å². The molecule has 6 heteroatoms. The van der Waals surface area contributed by atoms with Crippen LogP contribution in [0.3, 0.4) is 0 Å². The summed E-state index contributed by atoms with van der Waals surface area (Å²) in [6.07, 6.45) is 0. The van der Waals surface area contributed by atoms with E-state index in [0.717, 1.165) is 23.2 Å². The second-order valence-electron chi connectivity index (χ2n) is 2.76. The normalized spacial score (nSPS) is 10.0. The van der Waals surface area contributed by atoms with Crippen molar-refractivity contribution in [2.24, 2.45) is 0 Å². The molecule has 2 aromatic rings. The van der Waals surface area contributed by atoms with Crippen molar-refractivity contribution < 1.29 is 4.74 Å². The summed E-state index contributed by atoms with van der Waals surface area (Å²) in [6, 6.07) is 7.48. The minimum atomic E-state index is 0.385. The van der Waals surface area contributed by atoms with Crippen LogP contribution in [0.5, 0.6) is 5.75 Å². The van der Waals surface area contributed by atoms with Gasteiger partial charge < -0.3 is 10.1 Å². The fourth-order valence-corrected chi connectivity index (χ4v) is 1.71. The SMILES string of the molecule is COc1ccc(Nc2nsnc2Cl)cc1. The fourth-order valence-electron chi connectivity index (χ4n) is 1.06. The van der Waals surface area contributed by atoms with Crippen molar-refractivity contribution in [2.75, 3.05) is 12.4 Å². The Labute approximate surface area is 96.2 Å². The molecule has 0 aliphatic heterocycles. The number of nitrogens with one attached hydrogen (secondary N) is 1. The Morgan fingerprint density at radius 1 is 1.27 bits per heavy atom. The molecule has 0 amide bonds. The van der Waals surface area contributed by atoms with Crippen LogP contribution < -0.4 is 10.1 Å². The lowest BCUT2D eigenvalue weighted by Gasteiger charge is -2.04. The van der Waals surface area contributed by atoms with E-state index in [1.807, 2.05) is 24.3 Å². The van der Waals surface area contributed by atoms with Crippen molar-refractivity contribution in [1.29, 1.82) is 0 Å². The van der Waals surface area contributed by atoms with Gasteiger partial charge in [0.2, 0.25) is 0 Å². The number of ether oxygens (including phenoxy) is 1. The zero-order valence-corrected chi connectivity index (χ0v) is 9.47. The standard InChI is InChI=1S/C9H8ClN3OS/c1-14-7-4-2-6(3-5-7)11-9-8(10)12-15-13-9/h2-5H,1H3,(H,11,13). The van der Waals surface area contributed by atoms with Gasteiger partial charge in [0.1, 0.15) is 5.75 Å². The van der Waals surface area contributed by atoms with E-state index in [-0.39, 0.29) is 0 Å². The van der Waals surface area contributed by atoms with E-state index in [2.05, 4.69) is 14.1 Å². The van der Waals surface area contributed by atoms with Gasteiger partial charge >= 0.3 is 0 Å². The summed E-state index contributed by atoms with van der Waals surface area (Å²) >= 11 is 6.87. The molecular formula is C9H8ClN3OS. The highest BCUT2D eigenvalue weighted by atomic mass is 35.5. The third-order valence-corrected chi connectivity index (χ3v) is 2.69. The van der Waals surface area contributed by atoms with Gasteiger partial charge in [0, 0.05) is 5.69 Å². The first-order chi connectivity index (χ1) is 7.29. The van der Waals surface area contributed by atoms with Crippen molar-refractivity contribution in [1.82, 2.24) is 8.75 Å². The number of methoxy groups -OCH3 is 1. The van der Waals surface area contributed by atoms with E-state index in [1.54, 1.807) is 7.11 Å². The zero-order chi connectivity index (χ0) is 10.7. The third kappa shape index (κ3) is 2.37. The highest BCUT2D eigenvalue weighted by molar-refractivity contribution is 6.99. The van der Waals surface area contributed by atoms with Crippen molar-refractivity contribution in [3.63, 3.8) is 0 Å². The molecule has 15 heavy (non-hydrogen) atoms. The molecule has 1 aromatic carbocycles. The second kappa shape index (κ2) is 4.46. The minimum absolute atomic E-state index is 0.385. The maximum absolute atomic E-state index is 5.80. The first-order valence-electron chi connectivity index (χ1n) is 4.19. The Morgan fingerprint density at radius 2 is 2.00 bits per heavy atom. The number of halogens is 1. The fraction of sp³-hybridized carbons (Fsp3) is 0.111. The molecule has 0 atom stereocenters. The summed E-state index contributed by atoms with van der Waals surface area (Å²) in [6.45, 7) is 0. The van der Waals surface area contributed by atoms with Crippen LogP contribution in [0, 0.1) is 0 Å². The van der Waals surface area contributed by atoms with Gasteiger partial charge in [-0.05, 0) is 24.3 Å². The number of anilines is 2. The molecule has 1 aromatic heterocycles. The molecule has 2 rings (SSSR count). The van der Waals surface area contributed by atoms with Crippen LogP contribution in [-0.4, -0.2) is 15.9 Å². The molecule has 1 heterocycles. The number of benzene rings is 1. The van der Waals surface area contributed by atoms with Crippen LogP contribution in [-0.2, 0) is 0 Å². The van der Waals surface area contributed by atoms with Crippen molar-refractivity contribution in [3.8, 4) is 5.75 Å². The maximum atomic E-state index is 5.80. The van der Waals surface area contributed by atoms with Gasteiger partial charge in [0.25, 0.3) is 0 Å². The number of nitrogens with zero attached hydrogens (tertiary/aromatic N) is 2. The summed E-state index contributed by atoms with van der Waals surface area (Å²) in [5, 5.41) is 3.44. The Kier molecular flexibility index (Phi) is 3.03. The minimum Gasteiger partial charge on any atom is -0.497 e. The summed E-state index contributed by atoms with van der Waals surface area (Å²) in [5.41, 5.74) is 0.894. The highest BCUT2D eigenvalue weighted by Gasteiger charge is 2.04. The number of rotatable bonds is 3. The van der Waals surface area contributed by atoms with Gasteiger partial charge in [0.15, 0.2) is 11.0 Å². The van der Waals surface area contributed by atoms with Crippen molar-refractivity contribution >= 4 is 34.8 Å². The van der Waals surface area contributed by atoms with Gasteiger partial charge in [-0.15, -0.1) is 0 Å². The highest BCUT2D eigenvalue weighted by Crippen LogP contribution is 2.23. The average Bonchev–Trinajstić information content (AvgIpc) is 2.66. The molecule has 0 saturated heterocycles. The molecule has 0 fully saturated rings. The Balaban J connectivity index is 2.14. The summed E-state index contributed by atoms with van der Waals surface area (Å²) in [5.74, 6) is 1.38. The first-order valence-corrected chi connectivity index (χ1v) is 5.29. The van der Waals surface area contributed by atoms with E-state index in [1.165, 1.54) is 0 Å². The van der Waals surface area contributed by atoms with Crippen LogP contribution in [0.15, 0.2) is 24.3 Å². The van der Waals surface area contributed by atoms with E-state index >= 15 is 0 Å². The topological polar surface area (TPSA) is 47.0 Å². The van der Waals surface area contributed by atoms with Crippen LogP contribution >= 0.6 is 23.3 Å². The van der Waals surface area contributed by atoms with E-state index < -0.39 is 0 Å². The van der Waals surface area contributed by atoms with E-state index in [9.17, 15) is 0 Å². The Bertz CT molecular complexity index is 443. The third-order valence-electron chi connectivity index (χ3n) is 1.80. The number of hydrogen-bond donors (Lipinski definition) is 1. The number of aromatic nitrogens is 2. The van der Waals surface area contributed by atoms with Crippen LogP contribution in [0.4, 0.5) is 11.5 Å². The smallest absolute Gasteiger partial charge is 0.187 e. The molecule has 1 N–H and O–H groups in total. The van der Waals surface area contributed by atoms with Crippen LogP contribution in [0.1, 0.15) is 0 Å². The molecule has 78 valence electrons. The lowest BCUT2D eigenvalue weighted by molar-refractivity contribution is 0.415. The lowest BCUT2D eigenvalue weighted by Crippen LogP contribution is -1.91. The monoisotopic (exact) mass is 241 g/mol. The largest absolute Gasteiger partial charge is 0.497 e. The molecule has 0 aliphatic rings. The van der Waals surface area contributed by atoms with E-state index in [0.29, 0.717) is 11.0 Å². The quantitative estimate of drug-likeness (QED) is 0.898. The molecule has 0 spiro atoms. The van der Waals surface area contributed by atoms with Crippen LogP contribution in [0.25, 0.3) is 0 Å². The summed E-state index contributed by atoms with van der Waals surface area (Å²) in [4.78, 5) is 0. The molecule has 4 nitrogen and oxygen atoms in total. The molecule has 0 saturated carbocycles. The second-order valence-corrected chi connectivity index (χ2v) is 3.64. The van der Waals surface area contributed by atoms with Gasteiger partial charge in [0.05, 0.1) is 18.8 Å². The Hall–Kier alpha value is -1.33. The van der Waals surface area contributed by atoms with Gasteiger partial charge in [-0.25, -0.2) is 0 Å². The predicted octanol–water partition coefficient (Wildman–Crippen LogP) is 2.94. The molecular weight excluding hydrogens is 234 g/mol. The summed E-state index contributed by atoms with van der Waals surface area (Å²) in [7, 11) is 1.63. The van der Waals surface area contributed by atoms with Crippen molar-refractivity contribution in [2.45, 2.75) is 0 Å². The first kappa shape index (κ1) is 10.2. The van der Waals surface area contributed by atoms with Crippen LogP contribution in [0.2, 0.25) is 5.15 Å². The van der Waals surface area contributed by atoms with Gasteiger partial charge in [-0.3, -0.25) is 0 Å². The number of hydrogen-bond acceptors (Lipinski definition) is 5. The molecule has 0 unspecified atom stereocenters. The molecule has 0 bridgehead atoms. The Morgan fingerprint density at radius 3 is 2.53 bits per heavy atom. The average molecular weight is 242 g/mol. The molecule has 0 radical (unpaired) electrons. The lowest BCUT2D eigenvalue weighted by atomic mass is 10.3. The van der Waals surface area contributed by atoms with Gasteiger partial charge in [-0.1, -0.05) is 11.6 Å². The summed E-state index contributed by atoms with van der Waals surface area (Å²) < 4.78 is 12.9. The molecule has 0 aliphatic carbocycles.